The molecule has 0 N–H and O–H groups in total. The summed E-state index contributed by atoms with van der Waals surface area (Å²) in [5.74, 6) is 0. The van der Waals surface area contributed by atoms with Crippen molar-refractivity contribution in [1.29, 1.82) is 0 Å². The van der Waals surface area contributed by atoms with Gasteiger partial charge >= 0.3 is 6.16 Å². The smallest absolute Gasteiger partial charge is 0.438 e. The number of ether oxygens (including phenoxy) is 2. The molecule has 0 heterocycles. The minimum Gasteiger partial charge on any atom is -0.438 e. The molecule has 0 fully saturated rings. The van der Waals surface area contributed by atoms with Gasteiger partial charge < -0.3 is 9.47 Å². The van der Waals surface area contributed by atoms with E-state index in [1.54, 1.807) is 0 Å². The number of carbonyl (C=O) groups excluding carboxylic acids is 1. The maximum Gasteiger partial charge on any atom is 0.507 e. The van der Waals surface area contributed by atoms with Crippen molar-refractivity contribution in [1.82, 2.24) is 0 Å². The summed E-state index contributed by atoms with van der Waals surface area (Å²) in [5, 5.41) is 0. The van der Waals surface area contributed by atoms with Crippen molar-refractivity contribution < 1.29 is 14.3 Å². The van der Waals surface area contributed by atoms with Gasteiger partial charge in [0, 0.05) is 0 Å². The molecule has 0 aliphatic carbocycles. The number of carbonyl (C=O) groups is 1. The molecule has 3 nitrogen and oxygen atoms in total. The monoisotopic (exact) mass is 410 g/mol. The maximum atomic E-state index is 9.74. The fourth-order valence-corrected chi connectivity index (χ4v) is 0.853. The Morgan fingerprint density at radius 1 is 0.483 bits per heavy atom. The van der Waals surface area contributed by atoms with Gasteiger partial charge in [-0.1, -0.05) is 148 Å². The Bertz CT molecular complexity index is 298. The zero-order valence-electron chi connectivity index (χ0n) is 21.4. The van der Waals surface area contributed by atoms with Gasteiger partial charge in [0.25, 0.3) is 0 Å². The Kier molecular flexibility index (Phi) is 90.3. The van der Waals surface area contributed by atoms with Gasteiger partial charge in [-0.3, -0.25) is 0 Å². The molecule has 3 heteroatoms. The summed E-state index contributed by atoms with van der Waals surface area (Å²) in [7, 11) is 2.51. The Labute approximate surface area is 183 Å². The molecule has 0 unspecified atom stereocenters. The van der Waals surface area contributed by atoms with Gasteiger partial charge in [-0.2, -0.15) is 0 Å². The van der Waals surface area contributed by atoms with Crippen molar-refractivity contribution in [3.05, 3.63) is 72.8 Å². The quantitative estimate of drug-likeness (QED) is 0.406. The second kappa shape index (κ2) is 63.6. The molecule has 172 valence electrons. The van der Waals surface area contributed by atoms with Gasteiger partial charge in [0.2, 0.25) is 0 Å². The van der Waals surface area contributed by atoms with Crippen LogP contribution in [0.2, 0.25) is 0 Å². The molecule has 0 saturated heterocycles. The summed E-state index contributed by atoms with van der Waals surface area (Å²) in [6.45, 7) is 20.2. The molecule has 0 radical (unpaired) electrons. The third kappa shape index (κ3) is 76.9. The average Bonchev–Trinajstić information content (AvgIpc) is 2.87. The summed E-state index contributed by atoms with van der Waals surface area (Å²) in [4.78, 5) is 9.74. The van der Waals surface area contributed by atoms with Crippen LogP contribution < -0.4 is 0 Å². The third-order valence-corrected chi connectivity index (χ3v) is 1.67. The molecule has 0 amide bonds. The lowest BCUT2D eigenvalue weighted by molar-refractivity contribution is 0.0924. The van der Waals surface area contributed by atoms with E-state index in [9.17, 15) is 4.79 Å². The Morgan fingerprint density at radius 3 is 0.621 bits per heavy atom. The molecule has 2 aromatic carbocycles. The molecule has 0 aromatic heterocycles. The van der Waals surface area contributed by atoms with Gasteiger partial charge in [0.15, 0.2) is 0 Å². The Hall–Kier alpha value is -2.29. The van der Waals surface area contributed by atoms with Crippen LogP contribution in [0.5, 0.6) is 0 Å². The Balaban J connectivity index is -0.0000000554. The molecule has 0 aliphatic heterocycles. The van der Waals surface area contributed by atoms with Gasteiger partial charge in [0.1, 0.15) is 0 Å². The van der Waals surface area contributed by atoms with Crippen molar-refractivity contribution >= 4 is 6.16 Å². The zero-order valence-corrected chi connectivity index (χ0v) is 21.4. The number of rotatable bonds is 0. The van der Waals surface area contributed by atoms with Crippen LogP contribution >= 0.6 is 0 Å². The summed E-state index contributed by atoms with van der Waals surface area (Å²) in [6.07, 6.45) is 0.593. The van der Waals surface area contributed by atoms with Crippen LogP contribution in [0.15, 0.2) is 72.8 Å². The average molecular weight is 411 g/mol. The number of hydrogen-bond acceptors (Lipinski definition) is 3. The first-order valence-electron chi connectivity index (χ1n) is 10.8. The van der Waals surface area contributed by atoms with E-state index in [0.717, 1.165) is 0 Å². The molecule has 29 heavy (non-hydrogen) atoms. The van der Waals surface area contributed by atoms with Crippen molar-refractivity contribution in [2.45, 2.75) is 75.7 Å². The van der Waals surface area contributed by atoms with Crippen LogP contribution in [0.25, 0.3) is 0 Å². The standard InChI is InChI=1S/2C6H6.C3H6O3.C3H8.4C2H6/c2*1-2-4-6-5-3-1;1-5-3(4)6-2;1-3-2;4*1-2/h2*1-6H;1-2H3;3H2,1-2H3;4*1-2H3. The highest BCUT2D eigenvalue weighted by molar-refractivity contribution is 5.59. The van der Waals surface area contributed by atoms with Gasteiger partial charge in [-0.25, -0.2) is 4.79 Å². The Morgan fingerprint density at radius 2 is 0.586 bits per heavy atom. The lowest BCUT2D eigenvalue weighted by atomic mass is 10.4. The number of methoxy groups -OCH3 is 2. The molecule has 2 rings (SSSR count). The molecule has 0 spiro atoms. The SMILES string of the molecule is CC.CC.CC.CC.CCC.COC(=O)OC.c1ccccc1.c1ccccc1. The lowest BCUT2D eigenvalue weighted by Crippen LogP contribution is -1.97. The minimum absolute atomic E-state index is 0.657. The summed E-state index contributed by atoms with van der Waals surface area (Å²) >= 11 is 0. The van der Waals surface area contributed by atoms with Crippen LogP contribution in [0.1, 0.15) is 75.7 Å². The van der Waals surface area contributed by atoms with E-state index in [2.05, 4.69) is 23.3 Å². The molecular formula is C26H50O3. The van der Waals surface area contributed by atoms with Crippen LogP contribution in [0.4, 0.5) is 4.79 Å². The molecule has 0 atom stereocenters. The van der Waals surface area contributed by atoms with E-state index in [1.807, 2.05) is 128 Å². The second-order valence-corrected chi connectivity index (χ2v) is 3.67. The van der Waals surface area contributed by atoms with E-state index in [-0.39, 0.29) is 0 Å². The minimum atomic E-state index is -0.657. The lowest BCUT2D eigenvalue weighted by Gasteiger charge is -1.89. The van der Waals surface area contributed by atoms with Crippen molar-refractivity contribution in [3.63, 3.8) is 0 Å². The van der Waals surface area contributed by atoms with E-state index in [1.165, 1.54) is 20.6 Å². The number of hydrogen-bond donors (Lipinski definition) is 0. The van der Waals surface area contributed by atoms with E-state index >= 15 is 0 Å². The number of benzene rings is 2. The van der Waals surface area contributed by atoms with Crippen LogP contribution in [0.3, 0.4) is 0 Å². The van der Waals surface area contributed by atoms with Gasteiger partial charge in [-0.05, 0) is 0 Å². The van der Waals surface area contributed by atoms with Crippen LogP contribution in [0, 0.1) is 0 Å². The van der Waals surface area contributed by atoms with Crippen LogP contribution in [-0.2, 0) is 9.47 Å². The molecule has 0 aliphatic rings. The fourth-order valence-electron chi connectivity index (χ4n) is 0.853. The first kappa shape index (κ1) is 41.2. The molecule has 0 bridgehead atoms. The fraction of sp³-hybridized carbons (Fsp3) is 0.500. The summed E-state index contributed by atoms with van der Waals surface area (Å²) < 4.78 is 8.08. The predicted octanol–water partition coefficient (Wildman–Crippen LogP) is 9.29. The van der Waals surface area contributed by atoms with E-state index in [0.29, 0.717) is 0 Å². The van der Waals surface area contributed by atoms with Crippen molar-refractivity contribution in [3.8, 4) is 0 Å². The highest BCUT2D eigenvalue weighted by atomic mass is 16.7. The van der Waals surface area contributed by atoms with Crippen LogP contribution in [-0.4, -0.2) is 20.4 Å². The highest BCUT2D eigenvalue weighted by Gasteiger charge is 1.88. The molecule has 2 aromatic rings. The maximum absolute atomic E-state index is 9.74. The second-order valence-electron chi connectivity index (χ2n) is 3.67. The summed E-state index contributed by atoms with van der Waals surface area (Å²) in [6, 6.07) is 24.0. The highest BCUT2D eigenvalue weighted by Crippen LogP contribution is 1.80. The zero-order chi connectivity index (χ0) is 24.2. The summed E-state index contributed by atoms with van der Waals surface area (Å²) in [5.41, 5.74) is 0. The van der Waals surface area contributed by atoms with Crippen molar-refractivity contribution in [2.24, 2.45) is 0 Å². The van der Waals surface area contributed by atoms with Crippen molar-refractivity contribution in [2.75, 3.05) is 14.2 Å². The van der Waals surface area contributed by atoms with E-state index < -0.39 is 6.16 Å². The van der Waals surface area contributed by atoms with E-state index in [4.69, 9.17) is 0 Å². The first-order chi connectivity index (χ1) is 14.2. The molecular weight excluding hydrogens is 360 g/mol. The largest absolute Gasteiger partial charge is 0.507 e. The predicted molar refractivity (Wildman–Crippen MR) is 134 cm³/mol. The molecule has 0 saturated carbocycles. The van der Waals surface area contributed by atoms with Gasteiger partial charge in [0.05, 0.1) is 14.2 Å². The normalized spacial score (nSPS) is 6.21. The third-order valence-electron chi connectivity index (χ3n) is 1.67. The van der Waals surface area contributed by atoms with Gasteiger partial charge in [-0.15, -0.1) is 0 Å². The topological polar surface area (TPSA) is 35.5 Å². The first-order valence-corrected chi connectivity index (χ1v) is 10.8.